The van der Waals surface area contributed by atoms with Crippen molar-refractivity contribution in [3.8, 4) is 22.8 Å². The molecule has 3 rings (SSSR count). The second-order valence-corrected chi connectivity index (χ2v) is 4.28. The van der Waals surface area contributed by atoms with Crippen molar-refractivity contribution in [3.05, 3.63) is 54.1 Å². The normalized spacial score (nSPS) is 10.6. The Kier molecular flexibility index (Phi) is 2.72. The Balaban J connectivity index is 1.95. The van der Waals surface area contributed by atoms with Crippen LogP contribution >= 0.6 is 0 Å². The molecule has 19 heavy (non-hydrogen) atoms. The highest BCUT2D eigenvalue weighted by Gasteiger charge is 2.06. The Morgan fingerprint density at radius 2 is 1.63 bits per heavy atom. The zero-order valence-electron chi connectivity index (χ0n) is 10.4. The van der Waals surface area contributed by atoms with E-state index in [1.807, 2.05) is 31.2 Å². The molecular formula is C14H12N4O. The van der Waals surface area contributed by atoms with Gasteiger partial charge in [0, 0.05) is 5.56 Å². The quantitative estimate of drug-likeness (QED) is 0.760. The van der Waals surface area contributed by atoms with Crippen molar-refractivity contribution < 1.29 is 5.11 Å². The molecule has 0 aliphatic rings. The van der Waals surface area contributed by atoms with Gasteiger partial charge in [-0.3, -0.25) is 0 Å². The number of phenols is 1. The first kappa shape index (κ1) is 11.4. The number of hydrogen-bond donors (Lipinski definition) is 1. The van der Waals surface area contributed by atoms with E-state index < -0.39 is 0 Å². The maximum absolute atomic E-state index is 9.25. The van der Waals surface area contributed by atoms with Crippen LogP contribution in [-0.4, -0.2) is 25.3 Å². The summed E-state index contributed by atoms with van der Waals surface area (Å²) < 4.78 is 0. The van der Waals surface area contributed by atoms with Crippen molar-refractivity contribution in [3.63, 3.8) is 0 Å². The van der Waals surface area contributed by atoms with Crippen molar-refractivity contribution in [2.45, 2.75) is 6.92 Å². The van der Waals surface area contributed by atoms with E-state index in [0.717, 1.165) is 11.3 Å². The lowest BCUT2D eigenvalue weighted by atomic mass is 10.1. The molecule has 5 heteroatoms. The van der Waals surface area contributed by atoms with E-state index in [4.69, 9.17) is 0 Å². The van der Waals surface area contributed by atoms with E-state index in [9.17, 15) is 5.11 Å². The minimum absolute atomic E-state index is 0.211. The van der Waals surface area contributed by atoms with Gasteiger partial charge in [-0.2, -0.15) is 0 Å². The number of phenolic OH excluding ortho intramolecular Hbond substituents is 1. The molecule has 2 aromatic carbocycles. The summed E-state index contributed by atoms with van der Waals surface area (Å²) >= 11 is 0. The van der Waals surface area contributed by atoms with E-state index in [1.165, 1.54) is 10.4 Å². The molecule has 1 heterocycles. The standard InChI is InChI=1S/C14H12N4O/c1-10-2-4-11(5-3-10)14-15-17-18(16-14)12-6-8-13(19)9-7-12/h2-9,19H,1H3. The SMILES string of the molecule is Cc1ccc(-c2nnn(-c3ccc(O)cc3)n2)cc1. The molecular weight excluding hydrogens is 240 g/mol. The molecule has 3 aromatic rings. The minimum atomic E-state index is 0.211. The van der Waals surface area contributed by atoms with Crippen LogP contribution in [-0.2, 0) is 0 Å². The van der Waals surface area contributed by atoms with Crippen molar-refractivity contribution in [2.24, 2.45) is 0 Å². The number of tetrazole rings is 1. The largest absolute Gasteiger partial charge is 0.508 e. The third-order valence-corrected chi connectivity index (χ3v) is 2.80. The molecule has 0 fully saturated rings. The highest BCUT2D eigenvalue weighted by Crippen LogP contribution is 2.16. The van der Waals surface area contributed by atoms with Crippen LogP contribution in [0.3, 0.4) is 0 Å². The van der Waals surface area contributed by atoms with Crippen LogP contribution in [0.15, 0.2) is 48.5 Å². The van der Waals surface area contributed by atoms with Crippen molar-refractivity contribution in [2.75, 3.05) is 0 Å². The first-order valence-corrected chi connectivity index (χ1v) is 5.89. The predicted molar refractivity (Wildman–Crippen MR) is 71.0 cm³/mol. The molecule has 0 amide bonds. The van der Waals surface area contributed by atoms with Crippen LogP contribution in [0.2, 0.25) is 0 Å². The van der Waals surface area contributed by atoms with Crippen LogP contribution in [0.1, 0.15) is 5.56 Å². The van der Waals surface area contributed by atoms with Gasteiger partial charge in [0.1, 0.15) is 5.75 Å². The van der Waals surface area contributed by atoms with Crippen LogP contribution in [0, 0.1) is 6.92 Å². The number of rotatable bonds is 2. The molecule has 0 unspecified atom stereocenters. The van der Waals surface area contributed by atoms with Gasteiger partial charge in [0.15, 0.2) is 0 Å². The first-order valence-electron chi connectivity index (χ1n) is 5.89. The van der Waals surface area contributed by atoms with Gasteiger partial charge >= 0.3 is 0 Å². The fraction of sp³-hybridized carbons (Fsp3) is 0.0714. The monoisotopic (exact) mass is 252 g/mol. The summed E-state index contributed by atoms with van der Waals surface area (Å²) in [5.74, 6) is 0.788. The van der Waals surface area contributed by atoms with E-state index in [-0.39, 0.29) is 5.75 Å². The number of nitrogens with zero attached hydrogens (tertiary/aromatic N) is 4. The maximum Gasteiger partial charge on any atom is 0.205 e. The third-order valence-electron chi connectivity index (χ3n) is 2.80. The zero-order valence-corrected chi connectivity index (χ0v) is 10.4. The number of benzene rings is 2. The molecule has 94 valence electrons. The summed E-state index contributed by atoms with van der Waals surface area (Å²) in [6.45, 7) is 2.03. The Morgan fingerprint density at radius 3 is 2.32 bits per heavy atom. The lowest BCUT2D eigenvalue weighted by Crippen LogP contribution is -1.98. The van der Waals surface area contributed by atoms with Gasteiger partial charge in [-0.15, -0.1) is 15.0 Å². The van der Waals surface area contributed by atoms with E-state index in [0.29, 0.717) is 5.82 Å². The Bertz CT molecular complexity index is 626. The highest BCUT2D eigenvalue weighted by atomic mass is 16.3. The average molecular weight is 252 g/mol. The lowest BCUT2D eigenvalue weighted by molar-refractivity contribution is 0.475. The number of aromatic nitrogens is 4. The molecule has 0 aliphatic carbocycles. The minimum Gasteiger partial charge on any atom is -0.508 e. The molecule has 0 saturated heterocycles. The smallest absolute Gasteiger partial charge is 0.205 e. The fourth-order valence-electron chi connectivity index (χ4n) is 1.73. The van der Waals surface area contributed by atoms with Gasteiger partial charge in [-0.1, -0.05) is 29.8 Å². The first-order chi connectivity index (χ1) is 9.22. The zero-order chi connectivity index (χ0) is 13.2. The molecule has 1 N–H and O–H groups in total. The number of aromatic hydroxyl groups is 1. The molecule has 0 bridgehead atoms. The molecule has 0 spiro atoms. The fourth-order valence-corrected chi connectivity index (χ4v) is 1.73. The van der Waals surface area contributed by atoms with Gasteiger partial charge in [-0.05, 0) is 36.4 Å². The van der Waals surface area contributed by atoms with Gasteiger partial charge in [0.05, 0.1) is 5.69 Å². The summed E-state index contributed by atoms with van der Waals surface area (Å²) in [7, 11) is 0. The maximum atomic E-state index is 9.25. The second kappa shape index (κ2) is 4.53. The van der Waals surface area contributed by atoms with Crippen LogP contribution in [0.4, 0.5) is 0 Å². The van der Waals surface area contributed by atoms with Gasteiger partial charge < -0.3 is 5.11 Å². The molecule has 0 aliphatic heterocycles. The van der Waals surface area contributed by atoms with Crippen LogP contribution < -0.4 is 0 Å². The van der Waals surface area contributed by atoms with Crippen molar-refractivity contribution in [1.29, 1.82) is 0 Å². The van der Waals surface area contributed by atoms with Crippen molar-refractivity contribution >= 4 is 0 Å². The van der Waals surface area contributed by atoms with Gasteiger partial charge in [0.2, 0.25) is 5.82 Å². The number of hydrogen-bond acceptors (Lipinski definition) is 4. The van der Waals surface area contributed by atoms with Gasteiger partial charge in [-0.25, -0.2) is 0 Å². The van der Waals surface area contributed by atoms with Gasteiger partial charge in [0.25, 0.3) is 0 Å². The number of aryl methyl sites for hydroxylation is 1. The molecule has 0 radical (unpaired) electrons. The summed E-state index contributed by atoms with van der Waals surface area (Å²) in [5.41, 5.74) is 2.87. The highest BCUT2D eigenvalue weighted by molar-refractivity contribution is 5.54. The summed E-state index contributed by atoms with van der Waals surface area (Å²) in [4.78, 5) is 1.44. The van der Waals surface area contributed by atoms with E-state index in [1.54, 1.807) is 24.3 Å². The molecule has 5 nitrogen and oxygen atoms in total. The topological polar surface area (TPSA) is 63.8 Å². The summed E-state index contributed by atoms with van der Waals surface area (Å²) in [5, 5.41) is 21.6. The summed E-state index contributed by atoms with van der Waals surface area (Å²) in [6.07, 6.45) is 0. The molecule has 0 saturated carbocycles. The Morgan fingerprint density at radius 1 is 0.947 bits per heavy atom. The van der Waals surface area contributed by atoms with Crippen molar-refractivity contribution in [1.82, 2.24) is 20.2 Å². The predicted octanol–water partition coefficient (Wildman–Crippen LogP) is 2.34. The Hall–Kier alpha value is -2.69. The second-order valence-electron chi connectivity index (χ2n) is 4.28. The van der Waals surface area contributed by atoms with Crippen LogP contribution in [0.25, 0.3) is 17.1 Å². The molecule has 0 atom stereocenters. The van der Waals surface area contributed by atoms with E-state index >= 15 is 0 Å². The third kappa shape index (κ3) is 2.30. The summed E-state index contributed by atoms with van der Waals surface area (Å²) in [6, 6.07) is 14.6. The molecule has 1 aromatic heterocycles. The lowest BCUT2D eigenvalue weighted by Gasteiger charge is -1.98. The Labute approximate surface area is 110 Å². The average Bonchev–Trinajstić information content (AvgIpc) is 2.90. The van der Waals surface area contributed by atoms with E-state index in [2.05, 4.69) is 15.4 Å². The van der Waals surface area contributed by atoms with Crippen LogP contribution in [0.5, 0.6) is 5.75 Å².